The van der Waals surface area contributed by atoms with Crippen LogP contribution in [0.25, 0.3) is 0 Å². The van der Waals surface area contributed by atoms with Crippen LogP contribution in [0.15, 0.2) is 0 Å². The standard InChI is InChI=1S/C19H33NO12P2/c1-5-28-33(25,29-6-2)19(34(26,30-7-3)31-8-4)14-18(24)27-13-9-10-17(23)32-20-15(21)11-12-16(20)22/h19H,5-14H2,1-4H3. The molecule has 0 atom stereocenters. The molecule has 0 spiro atoms. The topological polar surface area (TPSA) is 161 Å². The van der Waals surface area contributed by atoms with E-state index in [1.165, 1.54) is 0 Å². The van der Waals surface area contributed by atoms with Crippen molar-refractivity contribution in [3.63, 3.8) is 0 Å². The average Bonchev–Trinajstić information content (AvgIpc) is 3.07. The summed E-state index contributed by atoms with van der Waals surface area (Å²) in [5.41, 5.74) is 0. The highest BCUT2D eigenvalue weighted by molar-refractivity contribution is 7.72. The summed E-state index contributed by atoms with van der Waals surface area (Å²) in [4.78, 5) is 51.9. The monoisotopic (exact) mass is 529 g/mol. The molecule has 1 saturated heterocycles. The van der Waals surface area contributed by atoms with Crippen LogP contribution in [0.5, 0.6) is 0 Å². The number of hydrogen-bond acceptors (Lipinski definition) is 12. The van der Waals surface area contributed by atoms with Crippen LogP contribution in [0, 0.1) is 0 Å². The molecule has 1 aliphatic rings. The first-order valence-corrected chi connectivity index (χ1v) is 14.3. The van der Waals surface area contributed by atoms with E-state index in [1.807, 2.05) is 0 Å². The van der Waals surface area contributed by atoms with E-state index in [4.69, 9.17) is 27.7 Å². The van der Waals surface area contributed by atoms with Gasteiger partial charge < -0.3 is 27.7 Å². The Morgan fingerprint density at radius 1 is 0.824 bits per heavy atom. The number of esters is 1. The van der Waals surface area contributed by atoms with Crippen molar-refractivity contribution in [1.82, 2.24) is 5.06 Å². The van der Waals surface area contributed by atoms with Crippen LogP contribution in [0.1, 0.15) is 59.8 Å². The van der Waals surface area contributed by atoms with Crippen molar-refractivity contribution in [3.8, 4) is 0 Å². The fraction of sp³-hybridized carbons (Fsp3) is 0.789. The Hall–Kier alpha value is -1.62. The molecule has 0 radical (unpaired) electrons. The van der Waals surface area contributed by atoms with Crippen LogP contribution in [0.2, 0.25) is 0 Å². The van der Waals surface area contributed by atoms with Gasteiger partial charge in [-0.05, 0) is 34.1 Å². The summed E-state index contributed by atoms with van der Waals surface area (Å²) < 4.78 is 53.0. The van der Waals surface area contributed by atoms with Gasteiger partial charge >= 0.3 is 27.1 Å². The Kier molecular flexibility index (Phi) is 13.2. The van der Waals surface area contributed by atoms with E-state index in [-0.39, 0.29) is 58.7 Å². The number of imide groups is 1. The zero-order chi connectivity index (χ0) is 25.8. The molecule has 196 valence electrons. The maximum atomic E-state index is 13.4. The Balaban J connectivity index is 2.76. The van der Waals surface area contributed by atoms with Gasteiger partial charge in [-0.2, -0.15) is 0 Å². The Morgan fingerprint density at radius 2 is 1.26 bits per heavy atom. The van der Waals surface area contributed by atoms with Gasteiger partial charge in [0.15, 0.2) is 5.40 Å². The number of amides is 2. The minimum absolute atomic E-state index is 0.0222. The average molecular weight is 529 g/mol. The molecular formula is C19H33NO12P2. The van der Waals surface area contributed by atoms with Crippen molar-refractivity contribution < 1.29 is 56.0 Å². The number of nitrogens with zero attached hydrogens (tertiary/aromatic N) is 1. The van der Waals surface area contributed by atoms with Gasteiger partial charge in [-0.3, -0.25) is 23.5 Å². The molecule has 1 fully saturated rings. The third-order valence-corrected chi connectivity index (χ3v) is 10.3. The molecule has 0 bridgehead atoms. The van der Waals surface area contributed by atoms with Crippen LogP contribution < -0.4 is 0 Å². The van der Waals surface area contributed by atoms with Crippen LogP contribution in [0.3, 0.4) is 0 Å². The van der Waals surface area contributed by atoms with Gasteiger partial charge in [0.05, 0.1) is 45.9 Å². The van der Waals surface area contributed by atoms with Gasteiger partial charge in [-0.1, -0.05) is 0 Å². The zero-order valence-electron chi connectivity index (χ0n) is 19.9. The van der Waals surface area contributed by atoms with E-state index in [2.05, 4.69) is 0 Å². The molecule has 0 aromatic rings. The number of ether oxygens (including phenoxy) is 1. The van der Waals surface area contributed by atoms with Crippen molar-refractivity contribution in [2.24, 2.45) is 0 Å². The molecule has 0 saturated carbocycles. The van der Waals surface area contributed by atoms with Crippen molar-refractivity contribution in [2.75, 3.05) is 33.0 Å². The fourth-order valence-electron chi connectivity index (χ4n) is 2.95. The molecule has 0 aromatic heterocycles. The number of carbonyl (C=O) groups is 4. The number of hydroxylamine groups is 2. The second kappa shape index (κ2) is 14.7. The lowest BCUT2D eigenvalue weighted by molar-refractivity contribution is -0.197. The normalized spacial score (nSPS) is 14.7. The largest absolute Gasteiger partial charge is 0.466 e. The van der Waals surface area contributed by atoms with Gasteiger partial charge in [0.1, 0.15) is 0 Å². The quantitative estimate of drug-likeness (QED) is 0.117. The molecule has 1 rings (SSSR count). The summed E-state index contributed by atoms with van der Waals surface area (Å²) >= 11 is 0. The second-order valence-corrected chi connectivity index (χ2v) is 11.7. The third kappa shape index (κ3) is 8.87. The summed E-state index contributed by atoms with van der Waals surface area (Å²) in [7, 11) is -8.21. The van der Waals surface area contributed by atoms with E-state index in [0.29, 0.717) is 5.06 Å². The number of carbonyl (C=O) groups excluding carboxylic acids is 4. The lowest BCUT2D eigenvalue weighted by atomic mass is 10.3. The molecule has 1 heterocycles. The molecule has 0 aliphatic carbocycles. The zero-order valence-corrected chi connectivity index (χ0v) is 21.7. The van der Waals surface area contributed by atoms with Gasteiger partial charge in [-0.25, -0.2) is 4.79 Å². The summed E-state index contributed by atoms with van der Waals surface area (Å²) in [5, 5.41) is -1.12. The van der Waals surface area contributed by atoms with E-state index in [1.54, 1.807) is 27.7 Å². The van der Waals surface area contributed by atoms with Crippen LogP contribution in [-0.2, 0) is 56.0 Å². The Labute approximate surface area is 198 Å². The minimum atomic E-state index is -4.11. The van der Waals surface area contributed by atoms with E-state index < -0.39 is 50.8 Å². The summed E-state index contributed by atoms with van der Waals surface area (Å²) in [5.74, 6) is -2.93. The van der Waals surface area contributed by atoms with Crippen molar-refractivity contribution in [2.45, 2.75) is 65.2 Å². The first kappa shape index (κ1) is 30.4. The lowest BCUT2D eigenvalue weighted by Crippen LogP contribution is -2.32. The SMILES string of the molecule is CCOP(=O)(OCC)C(CC(=O)OCCCC(=O)ON1C(=O)CCC1=O)P(=O)(OCC)OCC. The molecule has 34 heavy (non-hydrogen) atoms. The van der Waals surface area contributed by atoms with Gasteiger partial charge in [-0.15, -0.1) is 5.06 Å². The second-order valence-electron chi connectivity index (χ2n) is 6.80. The van der Waals surface area contributed by atoms with E-state index in [0.717, 1.165) is 0 Å². The molecule has 15 heteroatoms. The van der Waals surface area contributed by atoms with E-state index >= 15 is 0 Å². The van der Waals surface area contributed by atoms with Crippen molar-refractivity contribution in [1.29, 1.82) is 0 Å². The maximum absolute atomic E-state index is 13.4. The highest BCUT2D eigenvalue weighted by Gasteiger charge is 2.52. The van der Waals surface area contributed by atoms with Crippen LogP contribution >= 0.6 is 15.2 Å². The van der Waals surface area contributed by atoms with Crippen molar-refractivity contribution in [3.05, 3.63) is 0 Å². The van der Waals surface area contributed by atoms with Gasteiger partial charge in [0.2, 0.25) is 0 Å². The van der Waals surface area contributed by atoms with Gasteiger partial charge in [0, 0.05) is 12.8 Å². The number of hydrogen-bond donors (Lipinski definition) is 0. The summed E-state index contributed by atoms with van der Waals surface area (Å²) in [6, 6.07) is 0. The third-order valence-electron chi connectivity index (χ3n) is 4.30. The summed E-state index contributed by atoms with van der Waals surface area (Å²) in [6.07, 6.45) is -0.901. The first-order valence-electron chi connectivity index (χ1n) is 11.1. The Morgan fingerprint density at radius 3 is 1.68 bits per heavy atom. The van der Waals surface area contributed by atoms with Crippen LogP contribution in [-0.4, -0.2) is 67.3 Å². The van der Waals surface area contributed by atoms with Crippen LogP contribution in [0.4, 0.5) is 0 Å². The number of rotatable bonds is 17. The predicted molar refractivity (Wildman–Crippen MR) is 117 cm³/mol. The Bertz CT molecular complexity index is 751. The summed E-state index contributed by atoms with van der Waals surface area (Å²) in [6.45, 7) is 5.88. The molecular weight excluding hydrogens is 496 g/mol. The fourth-order valence-corrected chi connectivity index (χ4v) is 8.16. The molecule has 13 nitrogen and oxygen atoms in total. The molecule has 0 N–H and O–H groups in total. The first-order chi connectivity index (χ1) is 16.1. The van der Waals surface area contributed by atoms with Crippen molar-refractivity contribution >= 4 is 38.9 Å². The molecule has 2 amide bonds. The maximum Gasteiger partial charge on any atom is 0.346 e. The smallest absolute Gasteiger partial charge is 0.346 e. The lowest BCUT2D eigenvalue weighted by Gasteiger charge is -2.30. The van der Waals surface area contributed by atoms with Gasteiger partial charge in [0.25, 0.3) is 11.8 Å². The highest BCUT2D eigenvalue weighted by atomic mass is 31.2. The van der Waals surface area contributed by atoms with E-state index in [9.17, 15) is 28.3 Å². The highest BCUT2D eigenvalue weighted by Crippen LogP contribution is 2.71. The predicted octanol–water partition coefficient (Wildman–Crippen LogP) is 3.17. The molecule has 0 unspecified atom stereocenters. The molecule has 1 aliphatic heterocycles. The minimum Gasteiger partial charge on any atom is -0.466 e. The molecule has 0 aromatic carbocycles.